The summed E-state index contributed by atoms with van der Waals surface area (Å²) in [6.45, 7) is 1.54. The Kier molecular flexibility index (Phi) is 5.00. The third-order valence-electron chi connectivity index (χ3n) is 3.68. The third-order valence-corrected chi connectivity index (χ3v) is 3.68. The van der Waals surface area contributed by atoms with E-state index in [1.807, 2.05) is 6.07 Å². The summed E-state index contributed by atoms with van der Waals surface area (Å²) in [6.07, 6.45) is 2.28. The van der Waals surface area contributed by atoms with Crippen LogP contribution in [-0.2, 0) is 9.53 Å². The predicted octanol–water partition coefficient (Wildman–Crippen LogP) is 1.87. The van der Waals surface area contributed by atoms with E-state index >= 15 is 0 Å². The molecule has 0 spiro atoms. The van der Waals surface area contributed by atoms with Crippen LogP contribution >= 0.6 is 0 Å². The monoisotopic (exact) mass is 326 g/mol. The van der Waals surface area contributed by atoms with Crippen molar-refractivity contribution in [1.29, 1.82) is 0 Å². The smallest absolute Gasteiger partial charge is 0.359 e. The number of benzene rings is 1. The van der Waals surface area contributed by atoms with Crippen molar-refractivity contribution < 1.29 is 14.3 Å². The van der Waals surface area contributed by atoms with Gasteiger partial charge in [0, 0.05) is 18.8 Å². The average Bonchev–Trinajstić information content (AvgIpc) is 3.15. The lowest BCUT2D eigenvalue weighted by molar-refractivity contribution is -0.119. The summed E-state index contributed by atoms with van der Waals surface area (Å²) in [7, 11) is 0. The Bertz CT molecular complexity index is 698. The normalized spacial score (nSPS) is 13.6. The van der Waals surface area contributed by atoms with Crippen LogP contribution in [0.4, 0.5) is 11.5 Å². The standard InChI is InChI=1S/C17H18N4O3/c22-16(18-13-6-2-1-3-7-13)12-24-17(23)14-8-9-15(20-19-14)21-10-4-5-11-21/h1-3,6-9H,4-5,10-12H2,(H,18,22). The summed E-state index contributed by atoms with van der Waals surface area (Å²) >= 11 is 0. The highest BCUT2D eigenvalue weighted by molar-refractivity contribution is 5.94. The van der Waals surface area contributed by atoms with E-state index in [4.69, 9.17) is 4.74 Å². The SMILES string of the molecule is O=C(COC(=O)c1ccc(N2CCCC2)nn1)Nc1ccccc1. The first-order valence-corrected chi connectivity index (χ1v) is 7.83. The zero-order valence-corrected chi connectivity index (χ0v) is 13.1. The Labute approximate surface area is 139 Å². The van der Waals surface area contributed by atoms with Gasteiger partial charge in [0.2, 0.25) is 0 Å². The Hall–Kier alpha value is -2.96. The Morgan fingerprint density at radius 2 is 1.79 bits per heavy atom. The van der Waals surface area contributed by atoms with Crippen molar-refractivity contribution in [2.24, 2.45) is 0 Å². The van der Waals surface area contributed by atoms with Gasteiger partial charge < -0.3 is 15.0 Å². The summed E-state index contributed by atoms with van der Waals surface area (Å²) in [5, 5.41) is 10.6. The van der Waals surface area contributed by atoms with Gasteiger partial charge in [0.15, 0.2) is 18.1 Å². The summed E-state index contributed by atoms with van der Waals surface area (Å²) in [6, 6.07) is 12.3. The van der Waals surface area contributed by atoms with Crippen molar-refractivity contribution in [3.8, 4) is 0 Å². The molecular weight excluding hydrogens is 308 g/mol. The van der Waals surface area contributed by atoms with Gasteiger partial charge in [0.1, 0.15) is 0 Å². The van der Waals surface area contributed by atoms with Gasteiger partial charge in [-0.25, -0.2) is 4.79 Å². The first-order valence-electron chi connectivity index (χ1n) is 7.83. The fourth-order valence-corrected chi connectivity index (χ4v) is 2.47. The second-order valence-corrected chi connectivity index (χ2v) is 5.46. The van der Waals surface area contributed by atoms with Crippen LogP contribution in [0.15, 0.2) is 42.5 Å². The van der Waals surface area contributed by atoms with Crippen LogP contribution in [0.25, 0.3) is 0 Å². The van der Waals surface area contributed by atoms with Gasteiger partial charge >= 0.3 is 5.97 Å². The summed E-state index contributed by atoms with van der Waals surface area (Å²) in [5.74, 6) is -0.319. The summed E-state index contributed by atoms with van der Waals surface area (Å²) in [5.41, 5.74) is 0.735. The molecule has 1 amide bonds. The molecule has 0 saturated carbocycles. The Balaban J connectivity index is 1.50. The minimum Gasteiger partial charge on any atom is -0.451 e. The molecule has 1 aliphatic rings. The zero-order valence-electron chi connectivity index (χ0n) is 13.1. The molecule has 0 aliphatic carbocycles. The van der Waals surface area contributed by atoms with E-state index in [2.05, 4.69) is 20.4 Å². The molecule has 7 heteroatoms. The van der Waals surface area contributed by atoms with E-state index in [0.717, 1.165) is 31.7 Å². The highest BCUT2D eigenvalue weighted by Gasteiger charge is 2.16. The number of hydrogen-bond acceptors (Lipinski definition) is 6. The minimum absolute atomic E-state index is 0.0884. The summed E-state index contributed by atoms with van der Waals surface area (Å²) in [4.78, 5) is 25.8. The molecule has 0 unspecified atom stereocenters. The number of amides is 1. The lowest BCUT2D eigenvalue weighted by Gasteiger charge is -2.15. The maximum absolute atomic E-state index is 11.9. The molecule has 2 heterocycles. The number of ether oxygens (including phenoxy) is 1. The van der Waals surface area contributed by atoms with Crippen molar-refractivity contribution in [3.63, 3.8) is 0 Å². The second-order valence-electron chi connectivity index (χ2n) is 5.46. The van der Waals surface area contributed by atoms with E-state index in [1.165, 1.54) is 0 Å². The third kappa shape index (κ3) is 4.07. The van der Waals surface area contributed by atoms with Crippen molar-refractivity contribution in [2.75, 3.05) is 29.9 Å². The van der Waals surface area contributed by atoms with Crippen LogP contribution in [0.1, 0.15) is 23.3 Å². The van der Waals surface area contributed by atoms with Gasteiger partial charge in [0.05, 0.1) is 0 Å². The number of aromatic nitrogens is 2. The molecule has 1 fully saturated rings. The topological polar surface area (TPSA) is 84.4 Å². The molecule has 124 valence electrons. The molecule has 2 aromatic rings. The number of anilines is 2. The van der Waals surface area contributed by atoms with E-state index in [0.29, 0.717) is 5.69 Å². The molecule has 0 radical (unpaired) electrons. The van der Waals surface area contributed by atoms with Gasteiger partial charge in [0.25, 0.3) is 5.91 Å². The fourth-order valence-electron chi connectivity index (χ4n) is 2.47. The van der Waals surface area contributed by atoms with Crippen molar-refractivity contribution in [1.82, 2.24) is 10.2 Å². The molecule has 1 saturated heterocycles. The summed E-state index contributed by atoms with van der Waals surface area (Å²) < 4.78 is 4.96. The van der Waals surface area contributed by atoms with E-state index in [-0.39, 0.29) is 12.3 Å². The minimum atomic E-state index is -0.668. The molecule has 3 rings (SSSR count). The molecule has 0 atom stereocenters. The average molecular weight is 326 g/mol. The molecule has 1 N–H and O–H groups in total. The highest BCUT2D eigenvalue weighted by atomic mass is 16.5. The maximum atomic E-state index is 11.9. The lowest BCUT2D eigenvalue weighted by atomic mass is 10.3. The lowest BCUT2D eigenvalue weighted by Crippen LogP contribution is -2.22. The highest BCUT2D eigenvalue weighted by Crippen LogP contribution is 2.16. The number of nitrogens with zero attached hydrogens (tertiary/aromatic N) is 3. The molecular formula is C17H18N4O3. The van der Waals surface area contributed by atoms with Crippen molar-refractivity contribution >= 4 is 23.4 Å². The Morgan fingerprint density at radius 3 is 2.46 bits per heavy atom. The first kappa shape index (κ1) is 15.9. The number of hydrogen-bond donors (Lipinski definition) is 1. The van der Waals surface area contributed by atoms with E-state index < -0.39 is 11.9 Å². The van der Waals surface area contributed by atoms with Crippen LogP contribution in [0.3, 0.4) is 0 Å². The second kappa shape index (κ2) is 7.54. The van der Waals surface area contributed by atoms with E-state index in [9.17, 15) is 9.59 Å². The first-order chi connectivity index (χ1) is 11.7. The molecule has 0 bridgehead atoms. The van der Waals surface area contributed by atoms with Gasteiger partial charge in [-0.3, -0.25) is 4.79 Å². The van der Waals surface area contributed by atoms with Gasteiger partial charge in [-0.2, -0.15) is 0 Å². The maximum Gasteiger partial charge on any atom is 0.359 e. The Morgan fingerprint density at radius 1 is 1.04 bits per heavy atom. The molecule has 1 aliphatic heterocycles. The number of nitrogens with one attached hydrogen (secondary N) is 1. The van der Waals surface area contributed by atoms with Gasteiger partial charge in [-0.15, -0.1) is 10.2 Å². The van der Waals surface area contributed by atoms with Crippen LogP contribution in [-0.4, -0.2) is 41.8 Å². The van der Waals surface area contributed by atoms with Gasteiger partial charge in [-0.1, -0.05) is 18.2 Å². The van der Waals surface area contributed by atoms with Crippen LogP contribution in [0.2, 0.25) is 0 Å². The fraction of sp³-hybridized carbons (Fsp3) is 0.294. The van der Waals surface area contributed by atoms with Crippen LogP contribution < -0.4 is 10.2 Å². The molecule has 24 heavy (non-hydrogen) atoms. The largest absolute Gasteiger partial charge is 0.451 e. The number of carbonyl (C=O) groups excluding carboxylic acids is 2. The molecule has 1 aromatic heterocycles. The zero-order chi connectivity index (χ0) is 16.8. The number of para-hydroxylation sites is 1. The molecule has 1 aromatic carbocycles. The quantitative estimate of drug-likeness (QED) is 0.845. The predicted molar refractivity (Wildman–Crippen MR) is 88.8 cm³/mol. The number of rotatable bonds is 5. The van der Waals surface area contributed by atoms with Gasteiger partial charge in [-0.05, 0) is 37.1 Å². The van der Waals surface area contributed by atoms with E-state index in [1.54, 1.807) is 36.4 Å². The van der Waals surface area contributed by atoms with Crippen LogP contribution in [0.5, 0.6) is 0 Å². The van der Waals surface area contributed by atoms with Crippen molar-refractivity contribution in [2.45, 2.75) is 12.8 Å². The van der Waals surface area contributed by atoms with Crippen LogP contribution in [0, 0.1) is 0 Å². The van der Waals surface area contributed by atoms with Crippen molar-refractivity contribution in [3.05, 3.63) is 48.2 Å². The number of carbonyl (C=O) groups is 2. The molecule has 7 nitrogen and oxygen atoms in total. The number of esters is 1.